The van der Waals surface area contributed by atoms with Crippen LogP contribution < -0.4 is 10.6 Å². The third-order valence-corrected chi connectivity index (χ3v) is 3.28. The van der Waals surface area contributed by atoms with Crippen LogP contribution in [0.1, 0.15) is 52.3 Å². The van der Waals surface area contributed by atoms with E-state index < -0.39 is 0 Å². The average molecular weight is 422 g/mol. The minimum absolute atomic E-state index is 0. The smallest absolute Gasteiger partial charge is 0.191 e. The molecule has 0 fully saturated rings. The SMILES string of the molecule is CCCCCCN=C(NCC)NCCn1cnnc1CC.I. The highest BCUT2D eigenvalue weighted by Gasteiger charge is 2.02. The summed E-state index contributed by atoms with van der Waals surface area (Å²) in [6.07, 6.45) is 7.68. The number of hydrogen-bond acceptors (Lipinski definition) is 3. The van der Waals surface area contributed by atoms with Crippen molar-refractivity contribution in [3.05, 3.63) is 12.2 Å². The van der Waals surface area contributed by atoms with E-state index in [1.807, 2.05) is 0 Å². The number of guanidine groups is 1. The first-order valence-electron chi connectivity index (χ1n) is 8.20. The molecule has 1 aromatic heterocycles. The maximum atomic E-state index is 4.60. The number of aryl methyl sites for hydroxylation is 1. The Kier molecular flexibility index (Phi) is 13.2. The molecule has 2 N–H and O–H groups in total. The Morgan fingerprint density at radius 2 is 2.00 bits per heavy atom. The number of nitrogens with one attached hydrogen (secondary N) is 2. The van der Waals surface area contributed by atoms with Gasteiger partial charge < -0.3 is 15.2 Å². The van der Waals surface area contributed by atoms with Gasteiger partial charge in [0.15, 0.2) is 5.96 Å². The lowest BCUT2D eigenvalue weighted by Gasteiger charge is -2.12. The second-order valence-corrected chi connectivity index (χ2v) is 5.04. The van der Waals surface area contributed by atoms with Crippen LogP contribution in [0, 0.1) is 0 Å². The van der Waals surface area contributed by atoms with E-state index in [1.165, 1.54) is 19.3 Å². The van der Waals surface area contributed by atoms with Gasteiger partial charge in [0.05, 0.1) is 0 Å². The van der Waals surface area contributed by atoms with Crippen LogP contribution in [0.15, 0.2) is 11.3 Å². The molecule has 128 valence electrons. The number of halogens is 1. The zero-order valence-corrected chi connectivity index (χ0v) is 16.5. The molecule has 1 rings (SSSR count). The highest BCUT2D eigenvalue weighted by Crippen LogP contribution is 1.98. The molecule has 0 bridgehead atoms. The Labute approximate surface area is 151 Å². The van der Waals surface area contributed by atoms with Gasteiger partial charge in [-0.15, -0.1) is 34.2 Å². The summed E-state index contributed by atoms with van der Waals surface area (Å²) in [6.45, 7) is 9.86. The number of nitrogens with zero attached hydrogens (tertiary/aromatic N) is 4. The summed E-state index contributed by atoms with van der Waals surface area (Å²) in [4.78, 5) is 4.60. The minimum Gasteiger partial charge on any atom is -0.357 e. The van der Waals surface area contributed by atoms with Crippen molar-refractivity contribution in [2.45, 2.75) is 59.4 Å². The summed E-state index contributed by atoms with van der Waals surface area (Å²) in [7, 11) is 0. The Morgan fingerprint density at radius 1 is 1.18 bits per heavy atom. The number of hydrogen-bond donors (Lipinski definition) is 2. The van der Waals surface area contributed by atoms with E-state index in [1.54, 1.807) is 6.33 Å². The monoisotopic (exact) mass is 422 g/mol. The first-order chi connectivity index (χ1) is 10.3. The van der Waals surface area contributed by atoms with Crippen molar-refractivity contribution in [1.82, 2.24) is 25.4 Å². The van der Waals surface area contributed by atoms with Crippen molar-refractivity contribution in [3.63, 3.8) is 0 Å². The number of aromatic nitrogens is 3. The van der Waals surface area contributed by atoms with Gasteiger partial charge in [-0.05, 0) is 13.3 Å². The van der Waals surface area contributed by atoms with Crippen LogP contribution >= 0.6 is 24.0 Å². The van der Waals surface area contributed by atoms with Gasteiger partial charge in [0.2, 0.25) is 0 Å². The average Bonchev–Trinajstić information content (AvgIpc) is 2.94. The highest BCUT2D eigenvalue weighted by molar-refractivity contribution is 14.0. The fourth-order valence-corrected chi connectivity index (χ4v) is 2.11. The fourth-order valence-electron chi connectivity index (χ4n) is 2.11. The predicted octanol–water partition coefficient (Wildman–Crippen LogP) is 2.59. The van der Waals surface area contributed by atoms with Crippen molar-refractivity contribution in [2.24, 2.45) is 4.99 Å². The maximum absolute atomic E-state index is 4.60. The highest BCUT2D eigenvalue weighted by atomic mass is 127. The zero-order chi connectivity index (χ0) is 15.3. The molecule has 0 radical (unpaired) electrons. The molecule has 0 aromatic carbocycles. The lowest BCUT2D eigenvalue weighted by Crippen LogP contribution is -2.39. The Morgan fingerprint density at radius 3 is 2.68 bits per heavy atom. The molecule has 0 atom stereocenters. The van der Waals surface area contributed by atoms with E-state index in [9.17, 15) is 0 Å². The number of aliphatic imine (C=N–C) groups is 1. The third-order valence-electron chi connectivity index (χ3n) is 3.28. The van der Waals surface area contributed by atoms with E-state index in [0.717, 1.165) is 50.8 Å². The molecule has 0 saturated heterocycles. The second-order valence-electron chi connectivity index (χ2n) is 5.04. The molecule has 0 aliphatic carbocycles. The molecule has 0 amide bonds. The van der Waals surface area contributed by atoms with Gasteiger partial charge in [-0.25, -0.2) is 0 Å². The first kappa shape index (κ1) is 21.1. The van der Waals surface area contributed by atoms with Crippen LogP contribution in [0.5, 0.6) is 0 Å². The van der Waals surface area contributed by atoms with Gasteiger partial charge in [0.1, 0.15) is 12.2 Å². The normalized spacial score (nSPS) is 11.1. The molecule has 0 saturated carbocycles. The lowest BCUT2D eigenvalue weighted by molar-refractivity contribution is 0.629. The van der Waals surface area contributed by atoms with Crippen molar-refractivity contribution in [3.8, 4) is 0 Å². The summed E-state index contributed by atoms with van der Waals surface area (Å²) < 4.78 is 2.08. The molecule has 0 aliphatic rings. The molecule has 0 aliphatic heterocycles. The van der Waals surface area contributed by atoms with Gasteiger partial charge in [0.25, 0.3) is 0 Å². The van der Waals surface area contributed by atoms with E-state index in [0.29, 0.717) is 0 Å². The molecular weight excluding hydrogens is 391 g/mol. The zero-order valence-electron chi connectivity index (χ0n) is 14.1. The second kappa shape index (κ2) is 13.8. The van der Waals surface area contributed by atoms with Crippen molar-refractivity contribution < 1.29 is 0 Å². The Bertz CT molecular complexity index is 404. The van der Waals surface area contributed by atoms with Crippen molar-refractivity contribution in [1.29, 1.82) is 0 Å². The van der Waals surface area contributed by atoms with E-state index in [2.05, 4.69) is 51.2 Å². The first-order valence-corrected chi connectivity index (χ1v) is 8.20. The summed E-state index contributed by atoms with van der Waals surface area (Å²) in [5.74, 6) is 1.93. The fraction of sp³-hybridized carbons (Fsp3) is 0.800. The predicted molar refractivity (Wildman–Crippen MR) is 103 cm³/mol. The molecule has 0 spiro atoms. The summed E-state index contributed by atoms with van der Waals surface area (Å²) in [5, 5.41) is 14.7. The van der Waals surface area contributed by atoms with E-state index in [-0.39, 0.29) is 24.0 Å². The quantitative estimate of drug-likeness (QED) is 0.263. The van der Waals surface area contributed by atoms with Gasteiger partial charge in [-0.3, -0.25) is 4.99 Å². The lowest BCUT2D eigenvalue weighted by atomic mass is 10.2. The van der Waals surface area contributed by atoms with Gasteiger partial charge in [-0.1, -0.05) is 33.1 Å². The topological polar surface area (TPSA) is 67.1 Å². The molecule has 22 heavy (non-hydrogen) atoms. The molecule has 0 unspecified atom stereocenters. The standard InChI is InChI=1S/C15H30N6.HI/c1-4-7-8-9-10-17-15(16-6-3)18-11-12-21-13-19-20-14(21)5-2;/h13H,4-12H2,1-3H3,(H2,16,17,18);1H. The number of unbranched alkanes of at least 4 members (excludes halogenated alkanes) is 3. The largest absolute Gasteiger partial charge is 0.357 e. The van der Waals surface area contributed by atoms with Crippen LogP contribution in [0.4, 0.5) is 0 Å². The van der Waals surface area contributed by atoms with E-state index in [4.69, 9.17) is 0 Å². The number of rotatable bonds is 10. The van der Waals surface area contributed by atoms with Crippen LogP contribution in [0.25, 0.3) is 0 Å². The molecule has 6 nitrogen and oxygen atoms in total. The minimum atomic E-state index is 0. The van der Waals surface area contributed by atoms with Crippen molar-refractivity contribution in [2.75, 3.05) is 19.6 Å². The third kappa shape index (κ3) is 8.55. The van der Waals surface area contributed by atoms with Gasteiger partial charge >= 0.3 is 0 Å². The summed E-state index contributed by atoms with van der Waals surface area (Å²) in [5.41, 5.74) is 0. The molecular formula is C15H31IN6. The van der Waals surface area contributed by atoms with Gasteiger partial charge in [0, 0.05) is 32.6 Å². The van der Waals surface area contributed by atoms with Gasteiger partial charge in [-0.2, -0.15) is 0 Å². The van der Waals surface area contributed by atoms with Crippen LogP contribution in [0.2, 0.25) is 0 Å². The van der Waals surface area contributed by atoms with Crippen LogP contribution in [0.3, 0.4) is 0 Å². The van der Waals surface area contributed by atoms with Crippen molar-refractivity contribution >= 4 is 29.9 Å². The maximum Gasteiger partial charge on any atom is 0.191 e. The summed E-state index contributed by atoms with van der Waals surface area (Å²) in [6, 6.07) is 0. The molecule has 1 heterocycles. The van der Waals surface area contributed by atoms with Crippen LogP contribution in [-0.2, 0) is 13.0 Å². The summed E-state index contributed by atoms with van der Waals surface area (Å²) >= 11 is 0. The Hall–Kier alpha value is -0.860. The molecule has 1 aromatic rings. The van der Waals surface area contributed by atoms with Crippen LogP contribution in [-0.4, -0.2) is 40.4 Å². The molecule has 7 heteroatoms. The van der Waals surface area contributed by atoms with E-state index >= 15 is 0 Å². The Balaban J connectivity index is 0.00000441.